The van der Waals surface area contributed by atoms with Gasteiger partial charge in [0, 0.05) is 23.2 Å². The zero-order valence-electron chi connectivity index (χ0n) is 10.8. The Morgan fingerprint density at radius 3 is 2.47 bits per heavy atom. The van der Waals surface area contributed by atoms with Gasteiger partial charge >= 0.3 is 0 Å². The van der Waals surface area contributed by atoms with Crippen molar-refractivity contribution < 1.29 is 0 Å². The number of halogens is 1. The molecule has 0 unspecified atom stereocenters. The van der Waals surface area contributed by atoms with Crippen LogP contribution >= 0.6 is 11.6 Å². The second kappa shape index (κ2) is 4.95. The zero-order chi connectivity index (χ0) is 13.3. The Labute approximate surface area is 118 Å². The molecule has 2 N–H and O–H groups in total. The molecule has 1 aliphatic rings. The summed E-state index contributed by atoms with van der Waals surface area (Å²) < 4.78 is 0. The van der Waals surface area contributed by atoms with Crippen molar-refractivity contribution >= 4 is 11.6 Å². The number of hydrogen-bond acceptors (Lipinski definition) is 2. The average molecular weight is 273 g/mol. The van der Waals surface area contributed by atoms with Crippen LogP contribution in [0.5, 0.6) is 0 Å². The van der Waals surface area contributed by atoms with Crippen molar-refractivity contribution in [3.63, 3.8) is 0 Å². The molecule has 1 saturated carbocycles. The minimum atomic E-state index is 0.0652. The lowest BCUT2D eigenvalue weighted by atomic mass is 9.62. The van der Waals surface area contributed by atoms with E-state index in [1.165, 1.54) is 12.0 Å². The van der Waals surface area contributed by atoms with Gasteiger partial charge in [0.05, 0.1) is 5.69 Å². The second-order valence-corrected chi connectivity index (χ2v) is 5.63. The van der Waals surface area contributed by atoms with Crippen LogP contribution in [0.25, 0.3) is 0 Å². The Morgan fingerprint density at radius 1 is 1.16 bits per heavy atom. The van der Waals surface area contributed by atoms with Crippen LogP contribution in [-0.4, -0.2) is 4.98 Å². The Balaban J connectivity index is 2.05. The van der Waals surface area contributed by atoms with Crippen molar-refractivity contribution in [1.29, 1.82) is 0 Å². The molecule has 2 nitrogen and oxygen atoms in total. The SMILES string of the molecule is NCc1ccnc(C2(c3ccc(Cl)cc3)CCC2)c1. The lowest BCUT2D eigenvalue weighted by molar-refractivity contribution is 0.293. The second-order valence-electron chi connectivity index (χ2n) is 5.20. The number of pyridine rings is 1. The molecule has 0 atom stereocenters. The van der Waals surface area contributed by atoms with Gasteiger partial charge in [0.15, 0.2) is 0 Å². The van der Waals surface area contributed by atoms with Crippen molar-refractivity contribution in [3.8, 4) is 0 Å². The van der Waals surface area contributed by atoms with Crippen LogP contribution in [0.2, 0.25) is 5.02 Å². The molecule has 2 aromatic rings. The maximum atomic E-state index is 5.98. The molecule has 3 rings (SSSR count). The molecule has 0 aliphatic heterocycles. The van der Waals surface area contributed by atoms with E-state index in [4.69, 9.17) is 17.3 Å². The highest BCUT2D eigenvalue weighted by Gasteiger charge is 2.41. The molecule has 3 heteroatoms. The van der Waals surface area contributed by atoms with Crippen molar-refractivity contribution in [2.75, 3.05) is 0 Å². The topological polar surface area (TPSA) is 38.9 Å². The third-order valence-corrected chi connectivity index (χ3v) is 4.41. The Bertz CT molecular complexity index is 574. The van der Waals surface area contributed by atoms with Gasteiger partial charge in [0.2, 0.25) is 0 Å². The van der Waals surface area contributed by atoms with Gasteiger partial charge < -0.3 is 5.73 Å². The fourth-order valence-corrected chi connectivity index (χ4v) is 2.98. The molecule has 0 spiro atoms. The maximum Gasteiger partial charge on any atom is 0.0512 e. The number of rotatable bonds is 3. The summed E-state index contributed by atoms with van der Waals surface area (Å²) in [5.41, 5.74) is 9.40. The van der Waals surface area contributed by atoms with E-state index in [1.807, 2.05) is 24.4 Å². The predicted molar refractivity (Wildman–Crippen MR) is 78.2 cm³/mol. The smallest absolute Gasteiger partial charge is 0.0512 e. The average Bonchev–Trinajstić information content (AvgIpc) is 2.40. The highest BCUT2D eigenvalue weighted by atomic mass is 35.5. The Hall–Kier alpha value is -1.38. The summed E-state index contributed by atoms with van der Waals surface area (Å²) in [6.45, 7) is 0.562. The van der Waals surface area contributed by atoms with Crippen LogP contribution in [0.3, 0.4) is 0 Å². The zero-order valence-corrected chi connectivity index (χ0v) is 11.5. The van der Waals surface area contributed by atoms with Gasteiger partial charge in [-0.3, -0.25) is 4.98 Å². The number of nitrogens with two attached hydrogens (primary N) is 1. The molecule has 1 aromatic heterocycles. The number of hydrogen-bond donors (Lipinski definition) is 1. The number of aromatic nitrogens is 1. The molecule has 19 heavy (non-hydrogen) atoms. The van der Waals surface area contributed by atoms with Gasteiger partial charge in [-0.05, 0) is 48.2 Å². The van der Waals surface area contributed by atoms with E-state index in [2.05, 4.69) is 23.2 Å². The van der Waals surface area contributed by atoms with Crippen LogP contribution in [-0.2, 0) is 12.0 Å². The monoisotopic (exact) mass is 272 g/mol. The van der Waals surface area contributed by atoms with E-state index in [0.29, 0.717) is 6.54 Å². The third kappa shape index (κ3) is 2.15. The highest BCUT2D eigenvalue weighted by Crippen LogP contribution is 2.48. The third-order valence-electron chi connectivity index (χ3n) is 4.15. The fourth-order valence-electron chi connectivity index (χ4n) is 2.85. The largest absolute Gasteiger partial charge is 0.326 e. The lowest BCUT2D eigenvalue weighted by Gasteiger charge is -2.42. The number of benzene rings is 1. The van der Waals surface area contributed by atoms with Gasteiger partial charge in [-0.25, -0.2) is 0 Å². The quantitative estimate of drug-likeness (QED) is 0.926. The first kappa shape index (κ1) is 12.6. The molecule has 98 valence electrons. The van der Waals surface area contributed by atoms with E-state index in [9.17, 15) is 0 Å². The lowest BCUT2D eigenvalue weighted by Crippen LogP contribution is -2.36. The first-order valence-corrected chi connectivity index (χ1v) is 7.04. The minimum Gasteiger partial charge on any atom is -0.326 e. The van der Waals surface area contributed by atoms with E-state index in [0.717, 1.165) is 29.1 Å². The van der Waals surface area contributed by atoms with Gasteiger partial charge in [-0.1, -0.05) is 30.2 Å². The fraction of sp³-hybridized carbons (Fsp3) is 0.312. The molecule has 1 aliphatic carbocycles. The summed E-state index contributed by atoms with van der Waals surface area (Å²) in [5.74, 6) is 0. The first-order valence-electron chi connectivity index (χ1n) is 6.66. The van der Waals surface area contributed by atoms with E-state index < -0.39 is 0 Å². The Kier molecular flexibility index (Phi) is 3.29. The summed E-state index contributed by atoms with van der Waals surface area (Å²) >= 11 is 5.98. The van der Waals surface area contributed by atoms with Crippen molar-refractivity contribution in [3.05, 3.63) is 64.4 Å². The molecule has 0 radical (unpaired) electrons. The molecule has 0 saturated heterocycles. The summed E-state index contributed by atoms with van der Waals surface area (Å²) in [6, 6.07) is 12.3. The van der Waals surface area contributed by atoms with Crippen LogP contribution in [0.1, 0.15) is 36.1 Å². The van der Waals surface area contributed by atoms with Crippen molar-refractivity contribution in [1.82, 2.24) is 4.98 Å². The van der Waals surface area contributed by atoms with E-state index >= 15 is 0 Å². The van der Waals surface area contributed by atoms with Crippen LogP contribution in [0.15, 0.2) is 42.6 Å². The number of nitrogens with zero attached hydrogens (tertiary/aromatic N) is 1. The van der Waals surface area contributed by atoms with Crippen molar-refractivity contribution in [2.24, 2.45) is 5.73 Å². The van der Waals surface area contributed by atoms with Crippen LogP contribution in [0, 0.1) is 0 Å². The van der Waals surface area contributed by atoms with Crippen molar-refractivity contribution in [2.45, 2.75) is 31.2 Å². The molecule has 0 bridgehead atoms. The van der Waals surface area contributed by atoms with E-state index in [-0.39, 0.29) is 5.41 Å². The summed E-state index contributed by atoms with van der Waals surface area (Å²) in [6.07, 6.45) is 5.41. The highest BCUT2D eigenvalue weighted by molar-refractivity contribution is 6.30. The standard InChI is InChI=1S/C16H17ClN2/c17-14-4-2-13(3-5-14)16(7-1-8-16)15-10-12(11-18)6-9-19-15/h2-6,9-10H,1,7-8,11,18H2. The Morgan fingerprint density at radius 2 is 1.89 bits per heavy atom. The van der Waals surface area contributed by atoms with Gasteiger partial charge in [-0.15, -0.1) is 0 Å². The van der Waals surface area contributed by atoms with Gasteiger partial charge in [0.25, 0.3) is 0 Å². The molecular formula is C16H17ClN2. The molecule has 1 aromatic carbocycles. The van der Waals surface area contributed by atoms with Gasteiger partial charge in [0.1, 0.15) is 0 Å². The van der Waals surface area contributed by atoms with Crippen LogP contribution in [0.4, 0.5) is 0 Å². The molecular weight excluding hydrogens is 256 g/mol. The molecule has 1 fully saturated rings. The molecule has 0 amide bonds. The maximum absolute atomic E-state index is 5.98. The summed E-state index contributed by atoms with van der Waals surface area (Å²) in [4.78, 5) is 4.59. The minimum absolute atomic E-state index is 0.0652. The molecule has 1 heterocycles. The van der Waals surface area contributed by atoms with Crippen LogP contribution < -0.4 is 5.73 Å². The summed E-state index contributed by atoms with van der Waals surface area (Å²) in [5, 5.41) is 0.780. The first-order chi connectivity index (χ1) is 9.24. The van der Waals surface area contributed by atoms with Gasteiger partial charge in [-0.2, -0.15) is 0 Å². The normalized spacial score (nSPS) is 16.9. The predicted octanol–water partition coefficient (Wildman–Crippen LogP) is 3.66. The summed E-state index contributed by atoms with van der Waals surface area (Å²) in [7, 11) is 0. The van der Waals surface area contributed by atoms with E-state index in [1.54, 1.807) is 0 Å².